The molecule has 0 saturated heterocycles. The van der Waals surface area contributed by atoms with Crippen LogP contribution in [-0.2, 0) is 0 Å². The molecule has 2 saturated carbocycles. The molecular weight excluding hydrogens is 194 g/mol. The van der Waals surface area contributed by atoms with Gasteiger partial charge in [-0.05, 0) is 50.4 Å². The highest BCUT2D eigenvalue weighted by molar-refractivity contribution is 4.89. The summed E-state index contributed by atoms with van der Waals surface area (Å²) >= 11 is 0. The molecule has 94 valence electrons. The fraction of sp³-hybridized carbons (Fsp3) is 1.00. The molecule has 0 heterocycles. The molecule has 2 aliphatic carbocycles. The van der Waals surface area contributed by atoms with Crippen LogP contribution in [0.5, 0.6) is 0 Å². The highest BCUT2D eigenvalue weighted by Gasteiger charge is 2.33. The third-order valence-corrected chi connectivity index (χ3v) is 4.97. The molecule has 1 atom stereocenters. The SMILES string of the molecule is CC(C)C1CC(N[C@@H](C)C2CCCCC2)C1. The predicted octanol–water partition coefficient (Wildman–Crippen LogP) is 3.98. The Balaban J connectivity index is 1.66. The van der Waals surface area contributed by atoms with Gasteiger partial charge >= 0.3 is 0 Å². The van der Waals surface area contributed by atoms with Crippen molar-refractivity contribution in [1.82, 2.24) is 5.32 Å². The average Bonchev–Trinajstić information content (AvgIpc) is 2.23. The van der Waals surface area contributed by atoms with Gasteiger partial charge in [-0.3, -0.25) is 0 Å². The fourth-order valence-corrected chi connectivity index (χ4v) is 3.48. The van der Waals surface area contributed by atoms with Crippen molar-refractivity contribution in [1.29, 1.82) is 0 Å². The van der Waals surface area contributed by atoms with E-state index in [2.05, 4.69) is 26.1 Å². The molecule has 0 aromatic carbocycles. The molecule has 1 heteroatoms. The molecule has 2 fully saturated rings. The molecule has 1 nitrogen and oxygen atoms in total. The Bertz CT molecular complexity index is 199. The lowest BCUT2D eigenvalue weighted by Gasteiger charge is -2.42. The van der Waals surface area contributed by atoms with Crippen LogP contribution >= 0.6 is 0 Å². The van der Waals surface area contributed by atoms with Gasteiger partial charge in [0, 0.05) is 12.1 Å². The minimum absolute atomic E-state index is 0.762. The van der Waals surface area contributed by atoms with Crippen molar-refractivity contribution in [3.8, 4) is 0 Å². The van der Waals surface area contributed by atoms with E-state index in [1.54, 1.807) is 0 Å². The van der Waals surface area contributed by atoms with E-state index in [4.69, 9.17) is 0 Å². The Kier molecular flexibility index (Phi) is 4.29. The Morgan fingerprint density at radius 3 is 2.06 bits per heavy atom. The molecule has 1 N–H and O–H groups in total. The second kappa shape index (κ2) is 5.53. The van der Waals surface area contributed by atoms with Crippen molar-refractivity contribution >= 4 is 0 Å². The van der Waals surface area contributed by atoms with E-state index in [-0.39, 0.29) is 0 Å². The number of hydrogen-bond donors (Lipinski definition) is 1. The Labute approximate surface area is 101 Å². The third-order valence-electron chi connectivity index (χ3n) is 4.97. The van der Waals surface area contributed by atoms with Crippen LogP contribution < -0.4 is 5.32 Å². The molecule has 2 rings (SSSR count). The van der Waals surface area contributed by atoms with Crippen molar-refractivity contribution in [2.24, 2.45) is 17.8 Å². The second-order valence-electron chi connectivity index (χ2n) is 6.53. The van der Waals surface area contributed by atoms with Gasteiger partial charge in [0.25, 0.3) is 0 Å². The zero-order chi connectivity index (χ0) is 11.5. The molecule has 0 aromatic rings. The van der Waals surface area contributed by atoms with Crippen LogP contribution in [0, 0.1) is 17.8 Å². The number of hydrogen-bond acceptors (Lipinski definition) is 1. The first-order valence-electron chi connectivity index (χ1n) is 7.43. The van der Waals surface area contributed by atoms with E-state index in [0.717, 1.165) is 29.8 Å². The zero-order valence-electron chi connectivity index (χ0n) is 11.3. The summed E-state index contributed by atoms with van der Waals surface area (Å²) in [5.74, 6) is 2.85. The maximum Gasteiger partial charge on any atom is 0.00751 e. The Hall–Kier alpha value is -0.0400. The lowest BCUT2D eigenvalue weighted by molar-refractivity contribution is 0.141. The topological polar surface area (TPSA) is 12.0 Å². The first-order chi connectivity index (χ1) is 7.66. The van der Waals surface area contributed by atoms with Gasteiger partial charge in [0.1, 0.15) is 0 Å². The molecule has 0 aromatic heterocycles. The van der Waals surface area contributed by atoms with Crippen molar-refractivity contribution in [3.63, 3.8) is 0 Å². The number of nitrogens with one attached hydrogen (secondary N) is 1. The van der Waals surface area contributed by atoms with Crippen LogP contribution in [0.4, 0.5) is 0 Å². The predicted molar refractivity (Wildman–Crippen MR) is 70.5 cm³/mol. The highest BCUT2D eigenvalue weighted by atomic mass is 15.0. The van der Waals surface area contributed by atoms with Gasteiger partial charge in [-0.15, -0.1) is 0 Å². The van der Waals surface area contributed by atoms with E-state index in [9.17, 15) is 0 Å². The maximum atomic E-state index is 3.87. The summed E-state index contributed by atoms with van der Waals surface area (Å²) in [6, 6.07) is 1.60. The van der Waals surface area contributed by atoms with Crippen LogP contribution in [-0.4, -0.2) is 12.1 Å². The van der Waals surface area contributed by atoms with E-state index in [1.807, 2.05) is 0 Å². The summed E-state index contributed by atoms with van der Waals surface area (Å²) in [4.78, 5) is 0. The van der Waals surface area contributed by atoms with E-state index >= 15 is 0 Å². The normalized spacial score (nSPS) is 33.8. The van der Waals surface area contributed by atoms with Crippen LogP contribution in [0.3, 0.4) is 0 Å². The van der Waals surface area contributed by atoms with Crippen LogP contribution in [0.15, 0.2) is 0 Å². The van der Waals surface area contributed by atoms with Crippen molar-refractivity contribution in [2.45, 2.75) is 77.8 Å². The molecule has 0 amide bonds. The number of rotatable bonds is 4. The van der Waals surface area contributed by atoms with Crippen LogP contribution in [0.25, 0.3) is 0 Å². The maximum absolute atomic E-state index is 3.87. The molecule has 16 heavy (non-hydrogen) atoms. The van der Waals surface area contributed by atoms with Gasteiger partial charge in [-0.1, -0.05) is 33.1 Å². The van der Waals surface area contributed by atoms with Gasteiger partial charge in [-0.2, -0.15) is 0 Å². The molecule has 0 radical (unpaired) electrons. The minimum atomic E-state index is 0.762. The van der Waals surface area contributed by atoms with E-state index in [1.165, 1.54) is 44.9 Å². The van der Waals surface area contributed by atoms with Gasteiger partial charge in [0.05, 0.1) is 0 Å². The minimum Gasteiger partial charge on any atom is -0.311 e. The smallest absolute Gasteiger partial charge is 0.00751 e. The van der Waals surface area contributed by atoms with Crippen molar-refractivity contribution < 1.29 is 0 Å². The summed E-state index contributed by atoms with van der Waals surface area (Å²) in [6.07, 6.45) is 10.2. The van der Waals surface area contributed by atoms with Gasteiger partial charge in [0.2, 0.25) is 0 Å². The standard InChI is InChI=1S/C15H29N/c1-11(2)14-9-15(10-14)16-12(3)13-7-5-4-6-8-13/h11-16H,4-10H2,1-3H3/t12-,14?,15?/m0/s1. The Morgan fingerprint density at radius 1 is 0.875 bits per heavy atom. The Morgan fingerprint density at radius 2 is 1.50 bits per heavy atom. The van der Waals surface area contributed by atoms with Crippen molar-refractivity contribution in [2.75, 3.05) is 0 Å². The summed E-state index contributed by atoms with van der Waals surface area (Å²) in [5.41, 5.74) is 0. The first-order valence-corrected chi connectivity index (χ1v) is 7.43. The highest BCUT2D eigenvalue weighted by Crippen LogP contribution is 2.35. The monoisotopic (exact) mass is 223 g/mol. The summed E-state index contributed by atoms with van der Waals surface area (Å²) in [7, 11) is 0. The van der Waals surface area contributed by atoms with E-state index in [0.29, 0.717) is 0 Å². The first kappa shape index (κ1) is 12.4. The lowest BCUT2D eigenvalue weighted by atomic mass is 9.73. The van der Waals surface area contributed by atoms with Gasteiger partial charge < -0.3 is 5.32 Å². The molecular formula is C15H29N. The van der Waals surface area contributed by atoms with E-state index < -0.39 is 0 Å². The van der Waals surface area contributed by atoms with Crippen molar-refractivity contribution in [3.05, 3.63) is 0 Å². The largest absolute Gasteiger partial charge is 0.311 e. The molecule has 2 aliphatic rings. The molecule has 0 unspecified atom stereocenters. The lowest BCUT2D eigenvalue weighted by Crippen LogP contribution is -2.49. The van der Waals surface area contributed by atoms with Crippen LogP contribution in [0.1, 0.15) is 65.7 Å². The fourth-order valence-electron chi connectivity index (χ4n) is 3.48. The van der Waals surface area contributed by atoms with Gasteiger partial charge in [-0.25, -0.2) is 0 Å². The molecule has 0 spiro atoms. The second-order valence-corrected chi connectivity index (χ2v) is 6.53. The summed E-state index contributed by atoms with van der Waals surface area (Å²) in [5, 5.41) is 3.87. The third kappa shape index (κ3) is 3.00. The molecule has 0 bridgehead atoms. The van der Waals surface area contributed by atoms with Crippen LogP contribution in [0.2, 0.25) is 0 Å². The zero-order valence-corrected chi connectivity index (χ0v) is 11.3. The summed E-state index contributed by atoms with van der Waals surface area (Å²) in [6.45, 7) is 7.15. The summed E-state index contributed by atoms with van der Waals surface area (Å²) < 4.78 is 0. The molecule has 0 aliphatic heterocycles. The average molecular weight is 223 g/mol. The quantitative estimate of drug-likeness (QED) is 0.760. The van der Waals surface area contributed by atoms with Gasteiger partial charge in [0.15, 0.2) is 0 Å².